The number of aromatic carboxylic acids is 1. The molecule has 86 valence electrons. The molecule has 0 heterocycles. The van der Waals surface area contributed by atoms with E-state index in [-0.39, 0.29) is 5.56 Å². The quantitative estimate of drug-likeness (QED) is 0.777. The molecular weight excluding hydrogens is 226 g/mol. The van der Waals surface area contributed by atoms with Crippen LogP contribution in [-0.4, -0.2) is 24.7 Å². The Bertz CT molecular complexity index is 402. The third-order valence-electron chi connectivity index (χ3n) is 2.10. The van der Waals surface area contributed by atoms with Crippen LogP contribution < -0.4 is 5.32 Å². The molecule has 0 saturated heterocycles. The normalized spacial score (nSPS) is 10.9. The zero-order chi connectivity index (χ0) is 12.0. The number of carboxylic acids is 1. The van der Waals surface area contributed by atoms with Crippen molar-refractivity contribution in [3.05, 3.63) is 40.4 Å². The molecule has 1 rings (SSSR count). The lowest BCUT2D eigenvalue weighted by Crippen LogP contribution is -2.05. The average Bonchev–Trinajstić information content (AvgIpc) is 2.26. The van der Waals surface area contributed by atoms with Gasteiger partial charge in [0.2, 0.25) is 0 Å². The zero-order valence-corrected chi connectivity index (χ0v) is 9.79. The first-order chi connectivity index (χ1) is 7.65. The van der Waals surface area contributed by atoms with Crippen LogP contribution in [0.1, 0.15) is 22.3 Å². The number of halogens is 1. The van der Waals surface area contributed by atoms with Gasteiger partial charge < -0.3 is 10.4 Å². The lowest BCUT2D eigenvalue weighted by molar-refractivity contribution is 0.0697. The van der Waals surface area contributed by atoms with Crippen molar-refractivity contribution in [1.29, 1.82) is 0 Å². The fourth-order valence-electron chi connectivity index (χ4n) is 1.24. The largest absolute Gasteiger partial charge is 0.478 e. The van der Waals surface area contributed by atoms with Crippen molar-refractivity contribution in [1.82, 2.24) is 5.32 Å². The van der Waals surface area contributed by atoms with Crippen LogP contribution in [0.25, 0.3) is 6.08 Å². The summed E-state index contributed by atoms with van der Waals surface area (Å²) in [6.07, 6.45) is 4.68. The molecule has 2 N–H and O–H groups in total. The smallest absolute Gasteiger partial charge is 0.335 e. The molecule has 0 saturated carbocycles. The van der Waals surface area contributed by atoms with Gasteiger partial charge in [-0.05, 0) is 43.8 Å². The molecule has 0 radical (unpaired) electrons. The Morgan fingerprint density at radius 2 is 2.31 bits per heavy atom. The Balaban J connectivity index is 2.82. The van der Waals surface area contributed by atoms with Gasteiger partial charge in [-0.3, -0.25) is 0 Å². The summed E-state index contributed by atoms with van der Waals surface area (Å²) in [5.74, 6) is -0.943. The Labute approximate surface area is 99.7 Å². The highest BCUT2D eigenvalue weighted by atomic mass is 35.5. The van der Waals surface area contributed by atoms with Crippen LogP contribution in [0, 0.1) is 0 Å². The van der Waals surface area contributed by atoms with Gasteiger partial charge in [0.05, 0.1) is 5.56 Å². The van der Waals surface area contributed by atoms with Crippen LogP contribution in [-0.2, 0) is 0 Å². The van der Waals surface area contributed by atoms with E-state index in [1.54, 1.807) is 12.1 Å². The molecule has 0 aliphatic heterocycles. The van der Waals surface area contributed by atoms with Gasteiger partial charge in [0.15, 0.2) is 0 Å². The molecule has 1 aromatic rings. The highest BCUT2D eigenvalue weighted by molar-refractivity contribution is 6.32. The number of carboxylic acid groups (broad SMARTS) is 1. The second-order valence-electron chi connectivity index (χ2n) is 3.34. The Morgan fingerprint density at radius 1 is 1.56 bits per heavy atom. The van der Waals surface area contributed by atoms with Gasteiger partial charge in [-0.25, -0.2) is 4.79 Å². The first-order valence-electron chi connectivity index (χ1n) is 4.99. The fourth-order valence-corrected chi connectivity index (χ4v) is 1.42. The number of hydrogen-bond acceptors (Lipinski definition) is 2. The number of carbonyl (C=O) groups is 1. The topological polar surface area (TPSA) is 49.3 Å². The maximum Gasteiger partial charge on any atom is 0.335 e. The van der Waals surface area contributed by atoms with E-state index in [2.05, 4.69) is 5.32 Å². The minimum atomic E-state index is -0.943. The summed E-state index contributed by atoms with van der Waals surface area (Å²) < 4.78 is 0. The molecule has 3 nitrogen and oxygen atoms in total. The highest BCUT2D eigenvalue weighted by Gasteiger charge is 2.04. The average molecular weight is 240 g/mol. The van der Waals surface area contributed by atoms with E-state index in [9.17, 15) is 4.79 Å². The van der Waals surface area contributed by atoms with Gasteiger partial charge >= 0.3 is 5.97 Å². The summed E-state index contributed by atoms with van der Waals surface area (Å²) in [6, 6.07) is 4.67. The molecule has 0 atom stereocenters. The standard InChI is InChI=1S/C12H14ClNO2/c1-14-7-3-2-4-9-8-10(12(15)16)5-6-11(9)13/h2,4-6,8,14H,3,7H2,1H3,(H,15,16). The molecule has 16 heavy (non-hydrogen) atoms. The Hall–Kier alpha value is -1.32. The molecule has 1 aromatic carbocycles. The third-order valence-corrected chi connectivity index (χ3v) is 2.45. The minimum absolute atomic E-state index is 0.248. The molecular formula is C12H14ClNO2. The van der Waals surface area contributed by atoms with Crippen LogP contribution in [0.2, 0.25) is 5.02 Å². The summed E-state index contributed by atoms with van der Waals surface area (Å²) in [6.45, 7) is 0.882. The predicted octanol–water partition coefficient (Wildman–Crippen LogP) is 2.66. The van der Waals surface area contributed by atoms with Gasteiger partial charge in [-0.15, -0.1) is 0 Å². The zero-order valence-electron chi connectivity index (χ0n) is 9.03. The van der Waals surface area contributed by atoms with Crippen LogP contribution in [0.15, 0.2) is 24.3 Å². The van der Waals surface area contributed by atoms with Gasteiger partial charge in [0.25, 0.3) is 0 Å². The van der Waals surface area contributed by atoms with Crippen LogP contribution >= 0.6 is 11.6 Å². The first kappa shape index (κ1) is 12.7. The van der Waals surface area contributed by atoms with E-state index < -0.39 is 5.97 Å². The summed E-state index contributed by atoms with van der Waals surface area (Å²) in [4.78, 5) is 10.8. The molecule has 4 heteroatoms. The SMILES string of the molecule is CNCCC=Cc1cc(C(=O)O)ccc1Cl. The minimum Gasteiger partial charge on any atom is -0.478 e. The first-order valence-corrected chi connectivity index (χ1v) is 5.37. The second-order valence-corrected chi connectivity index (χ2v) is 3.74. The Morgan fingerprint density at radius 3 is 2.94 bits per heavy atom. The molecule has 0 spiro atoms. The fraction of sp³-hybridized carbons (Fsp3) is 0.250. The van der Waals surface area contributed by atoms with Crippen molar-refractivity contribution in [2.24, 2.45) is 0 Å². The van der Waals surface area contributed by atoms with Gasteiger partial charge in [0, 0.05) is 5.02 Å². The predicted molar refractivity (Wildman–Crippen MR) is 66.0 cm³/mol. The molecule has 0 unspecified atom stereocenters. The van der Waals surface area contributed by atoms with E-state index in [0.717, 1.165) is 18.5 Å². The number of hydrogen-bond donors (Lipinski definition) is 2. The van der Waals surface area contributed by atoms with Crippen molar-refractivity contribution in [3.8, 4) is 0 Å². The van der Waals surface area contributed by atoms with E-state index in [1.807, 2.05) is 19.2 Å². The lowest BCUT2D eigenvalue weighted by Gasteiger charge is -2.00. The van der Waals surface area contributed by atoms with Crippen molar-refractivity contribution in [3.63, 3.8) is 0 Å². The van der Waals surface area contributed by atoms with Crippen LogP contribution in [0.5, 0.6) is 0 Å². The monoisotopic (exact) mass is 239 g/mol. The van der Waals surface area contributed by atoms with Crippen molar-refractivity contribution >= 4 is 23.6 Å². The number of nitrogens with one attached hydrogen (secondary N) is 1. The second kappa shape index (κ2) is 6.30. The summed E-state index contributed by atoms with van der Waals surface area (Å²) in [7, 11) is 1.88. The molecule has 0 amide bonds. The molecule has 0 aliphatic carbocycles. The van der Waals surface area contributed by atoms with Crippen molar-refractivity contribution < 1.29 is 9.90 Å². The maximum absolute atomic E-state index is 10.8. The summed E-state index contributed by atoms with van der Waals surface area (Å²) in [5, 5.41) is 12.4. The number of rotatable bonds is 5. The third kappa shape index (κ3) is 3.68. The number of benzene rings is 1. The highest BCUT2D eigenvalue weighted by Crippen LogP contribution is 2.19. The van der Waals surface area contributed by atoms with Crippen LogP contribution in [0.3, 0.4) is 0 Å². The summed E-state index contributed by atoms with van der Waals surface area (Å²) >= 11 is 5.95. The van der Waals surface area contributed by atoms with E-state index in [1.165, 1.54) is 6.07 Å². The van der Waals surface area contributed by atoms with Gasteiger partial charge in [-0.2, -0.15) is 0 Å². The van der Waals surface area contributed by atoms with Crippen LogP contribution in [0.4, 0.5) is 0 Å². The maximum atomic E-state index is 10.8. The molecule has 0 fully saturated rings. The van der Waals surface area contributed by atoms with Crippen molar-refractivity contribution in [2.45, 2.75) is 6.42 Å². The molecule has 0 aliphatic rings. The van der Waals surface area contributed by atoms with E-state index in [4.69, 9.17) is 16.7 Å². The lowest BCUT2D eigenvalue weighted by atomic mass is 10.1. The van der Waals surface area contributed by atoms with Crippen molar-refractivity contribution in [2.75, 3.05) is 13.6 Å². The molecule has 0 aromatic heterocycles. The Kier molecular flexibility index (Phi) is 5.02. The van der Waals surface area contributed by atoms with E-state index >= 15 is 0 Å². The van der Waals surface area contributed by atoms with Gasteiger partial charge in [-0.1, -0.05) is 23.8 Å². The van der Waals surface area contributed by atoms with Gasteiger partial charge in [0.1, 0.15) is 0 Å². The van der Waals surface area contributed by atoms with E-state index in [0.29, 0.717) is 5.02 Å². The molecule has 0 bridgehead atoms. The summed E-state index contributed by atoms with van der Waals surface area (Å²) in [5.41, 5.74) is 0.982.